The number of nitrogens with zero attached hydrogens (tertiary/aromatic N) is 2. The van der Waals surface area contributed by atoms with Crippen molar-refractivity contribution in [3.05, 3.63) is 59.7 Å². The number of rotatable bonds is 4. The third-order valence-corrected chi connectivity index (χ3v) is 2.44. The van der Waals surface area contributed by atoms with Crippen LogP contribution in [0.25, 0.3) is 0 Å². The van der Waals surface area contributed by atoms with E-state index < -0.39 is 0 Å². The molecule has 0 aliphatic rings. The molecule has 0 spiro atoms. The van der Waals surface area contributed by atoms with E-state index in [4.69, 9.17) is 0 Å². The molecule has 0 saturated carbocycles. The van der Waals surface area contributed by atoms with Crippen molar-refractivity contribution < 1.29 is 9.59 Å². The Morgan fingerprint density at radius 3 is 1.79 bits per heavy atom. The highest BCUT2D eigenvalue weighted by molar-refractivity contribution is 5.51. The molecule has 2 aromatic carbocycles. The second-order valence-electron chi connectivity index (χ2n) is 3.75. The second kappa shape index (κ2) is 6.22. The van der Waals surface area contributed by atoms with Crippen LogP contribution in [-0.4, -0.2) is 12.2 Å². The van der Waals surface area contributed by atoms with Gasteiger partial charge in [0.2, 0.25) is 12.2 Å². The Bertz CT molecular complexity index is 623. The van der Waals surface area contributed by atoms with E-state index in [0.717, 1.165) is 11.1 Å². The normalized spacial score (nSPS) is 9.26. The highest BCUT2D eigenvalue weighted by Crippen LogP contribution is 2.18. The second-order valence-corrected chi connectivity index (χ2v) is 3.75. The molecule has 0 amide bonds. The molecule has 2 rings (SSSR count). The zero-order valence-electron chi connectivity index (χ0n) is 9.88. The van der Waals surface area contributed by atoms with Crippen molar-refractivity contribution in [1.82, 2.24) is 0 Å². The van der Waals surface area contributed by atoms with Gasteiger partial charge in [-0.1, -0.05) is 24.3 Å². The first-order chi connectivity index (χ1) is 9.31. The summed E-state index contributed by atoms with van der Waals surface area (Å²) in [5, 5.41) is 0. The van der Waals surface area contributed by atoms with Crippen LogP contribution in [0.3, 0.4) is 0 Å². The van der Waals surface area contributed by atoms with E-state index >= 15 is 0 Å². The summed E-state index contributed by atoms with van der Waals surface area (Å²) in [5.41, 5.74) is 2.84. The van der Waals surface area contributed by atoms with Crippen LogP contribution in [0.4, 0.5) is 11.4 Å². The molecule has 0 aliphatic carbocycles. The van der Waals surface area contributed by atoms with E-state index in [0.29, 0.717) is 17.8 Å². The Morgan fingerprint density at radius 2 is 1.37 bits per heavy atom. The van der Waals surface area contributed by atoms with E-state index in [9.17, 15) is 9.59 Å². The van der Waals surface area contributed by atoms with Crippen molar-refractivity contribution in [3.63, 3.8) is 0 Å². The van der Waals surface area contributed by atoms with Gasteiger partial charge in [0.1, 0.15) is 0 Å². The Hall–Kier alpha value is -2.80. The van der Waals surface area contributed by atoms with Crippen LogP contribution >= 0.6 is 0 Å². The lowest BCUT2D eigenvalue weighted by Gasteiger charge is -2.02. The minimum atomic E-state index is 0.445. The first-order valence-electron chi connectivity index (χ1n) is 5.49. The standard InChI is InChI=1S/C15H8N2O2/c18-10-16-14-5-1-3-12(8-14)7-13-4-2-6-15(9-13)17-11-19/h1-4,8-9H,7H2. The summed E-state index contributed by atoms with van der Waals surface area (Å²) < 4.78 is 0. The lowest BCUT2D eigenvalue weighted by atomic mass is 10.0. The maximum Gasteiger partial charge on any atom is 0.240 e. The van der Waals surface area contributed by atoms with E-state index in [1.54, 1.807) is 24.3 Å². The van der Waals surface area contributed by atoms with Gasteiger partial charge >= 0.3 is 0 Å². The van der Waals surface area contributed by atoms with Gasteiger partial charge in [0.25, 0.3) is 0 Å². The number of hydrogen-bond donors (Lipinski definition) is 0. The fraction of sp³-hybridized carbons (Fsp3) is 0.0667. The molecule has 0 atom stereocenters. The minimum Gasteiger partial charge on any atom is -0.211 e. The molecule has 0 N–H and O–H groups in total. The summed E-state index contributed by atoms with van der Waals surface area (Å²) in [6, 6.07) is 16.3. The predicted molar refractivity (Wildman–Crippen MR) is 68.9 cm³/mol. The third-order valence-electron chi connectivity index (χ3n) is 2.44. The highest BCUT2D eigenvalue weighted by atomic mass is 16.1. The molecule has 0 bridgehead atoms. The Balaban J connectivity index is 2.25. The van der Waals surface area contributed by atoms with Gasteiger partial charge in [0.05, 0.1) is 11.4 Å². The third kappa shape index (κ3) is 3.58. The van der Waals surface area contributed by atoms with Crippen LogP contribution < -0.4 is 0 Å². The summed E-state index contributed by atoms with van der Waals surface area (Å²) in [7, 11) is 0. The highest BCUT2D eigenvalue weighted by Gasteiger charge is 1.99. The van der Waals surface area contributed by atoms with E-state index in [1.165, 1.54) is 12.2 Å². The summed E-state index contributed by atoms with van der Waals surface area (Å²) in [6.45, 7) is 0. The molecule has 0 aromatic heterocycles. The summed E-state index contributed by atoms with van der Waals surface area (Å²) >= 11 is 0. The monoisotopic (exact) mass is 248 g/mol. The molecule has 0 heterocycles. The molecule has 4 heteroatoms. The van der Waals surface area contributed by atoms with E-state index in [2.05, 4.69) is 22.1 Å². The van der Waals surface area contributed by atoms with Crippen molar-refractivity contribution in [2.75, 3.05) is 0 Å². The quantitative estimate of drug-likeness (QED) is 0.617. The van der Waals surface area contributed by atoms with Crippen LogP contribution in [0.5, 0.6) is 0 Å². The molecule has 2 radical (unpaired) electrons. The van der Waals surface area contributed by atoms with Crippen LogP contribution in [-0.2, 0) is 16.0 Å². The molecule has 19 heavy (non-hydrogen) atoms. The largest absolute Gasteiger partial charge is 0.240 e. The Morgan fingerprint density at radius 1 is 0.895 bits per heavy atom. The molecular formula is C15H8N2O2. The first kappa shape index (κ1) is 12.7. The molecule has 0 fully saturated rings. The van der Waals surface area contributed by atoms with Gasteiger partial charge < -0.3 is 0 Å². The lowest BCUT2D eigenvalue weighted by molar-refractivity contribution is 0.564. The molecular weight excluding hydrogens is 240 g/mol. The smallest absolute Gasteiger partial charge is 0.211 e. The fourth-order valence-corrected chi connectivity index (χ4v) is 1.68. The van der Waals surface area contributed by atoms with Gasteiger partial charge in [-0.2, -0.15) is 9.98 Å². The van der Waals surface area contributed by atoms with Crippen LogP contribution in [0.2, 0.25) is 0 Å². The van der Waals surface area contributed by atoms with E-state index in [-0.39, 0.29) is 0 Å². The number of aliphatic imine (C=N–C) groups is 2. The number of hydrogen-bond acceptors (Lipinski definition) is 4. The van der Waals surface area contributed by atoms with Crippen molar-refractivity contribution in [3.8, 4) is 0 Å². The Kier molecular flexibility index (Phi) is 4.14. The van der Waals surface area contributed by atoms with Crippen molar-refractivity contribution in [1.29, 1.82) is 0 Å². The van der Waals surface area contributed by atoms with Gasteiger partial charge in [-0.15, -0.1) is 0 Å². The van der Waals surface area contributed by atoms with Crippen molar-refractivity contribution >= 4 is 23.5 Å². The topological polar surface area (TPSA) is 58.9 Å². The van der Waals surface area contributed by atoms with Gasteiger partial charge in [0, 0.05) is 12.1 Å². The molecule has 0 aliphatic heterocycles. The summed E-state index contributed by atoms with van der Waals surface area (Å²) in [6.07, 6.45) is 3.59. The van der Waals surface area contributed by atoms with Gasteiger partial charge in [-0.05, 0) is 29.7 Å². The molecule has 90 valence electrons. The van der Waals surface area contributed by atoms with Crippen molar-refractivity contribution in [2.45, 2.75) is 6.42 Å². The zero-order chi connectivity index (χ0) is 13.5. The zero-order valence-corrected chi connectivity index (χ0v) is 9.88. The van der Waals surface area contributed by atoms with Crippen molar-refractivity contribution in [2.24, 2.45) is 9.98 Å². The van der Waals surface area contributed by atoms with E-state index in [1.807, 2.05) is 12.1 Å². The van der Waals surface area contributed by atoms with Crippen LogP contribution in [0.15, 0.2) is 46.4 Å². The molecule has 0 saturated heterocycles. The fourth-order valence-electron chi connectivity index (χ4n) is 1.68. The summed E-state index contributed by atoms with van der Waals surface area (Å²) in [5.74, 6) is 0. The average molecular weight is 248 g/mol. The number of benzene rings is 2. The maximum absolute atomic E-state index is 10.2. The Labute approximate surface area is 110 Å². The van der Waals surface area contributed by atoms with Crippen LogP contribution in [0, 0.1) is 12.1 Å². The number of isocyanates is 2. The SMILES string of the molecule is O=C=Nc1[c]ccc(Cc2cc[c]c(N=C=O)c2)c1. The molecule has 4 nitrogen and oxygen atoms in total. The molecule has 0 unspecified atom stereocenters. The van der Waals surface area contributed by atoms with Crippen LogP contribution in [0.1, 0.15) is 11.1 Å². The van der Waals surface area contributed by atoms with Gasteiger partial charge in [0.15, 0.2) is 0 Å². The lowest BCUT2D eigenvalue weighted by Crippen LogP contribution is -1.87. The average Bonchev–Trinajstić information content (AvgIpc) is 2.40. The predicted octanol–water partition coefficient (Wildman–Crippen LogP) is 2.81. The van der Waals surface area contributed by atoms with Gasteiger partial charge in [-0.3, -0.25) is 0 Å². The number of carbonyl (C=O) groups excluding carboxylic acids is 2. The summed E-state index contributed by atoms with van der Waals surface area (Å²) in [4.78, 5) is 27.4. The van der Waals surface area contributed by atoms with Gasteiger partial charge in [-0.25, -0.2) is 9.59 Å². The molecule has 2 aromatic rings. The maximum atomic E-state index is 10.2. The minimum absolute atomic E-state index is 0.445. The first-order valence-corrected chi connectivity index (χ1v) is 5.49.